The Morgan fingerprint density at radius 3 is 1.90 bits per heavy atom. The van der Waals surface area contributed by atoms with Crippen molar-refractivity contribution in [2.75, 3.05) is 6.61 Å². The normalized spacial score (nSPS) is 23.9. The molecule has 0 aliphatic carbocycles. The molecule has 0 bridgehead atoms. The third kappa shape index (κ3) is 5.72. The Kier molecular flexibility index (Phi) is 7.56. The van der Waals surface area contributed by atoms with Crippen LogP contribution >= 0.6 is 11.8 Å². The van der Waals surface area contributed by atoms with E-state index in [9.17, 15) is 5.11 Å². The number of benzene rings is 3. The van der Waals surface area contributed by atoms with Crippen molar-refractivity contribution in [3.63, 3.8) is 0 Å². The Morgan fingerprint density at radius 2 is 1.30 bits per heavy atom. The summed E-state index contributed by atoms with van der Waals surface area (Å²) < 4.78 is 18.3. The molecule has 3 aromatic rings. The molecule has 1 saturated heterocycles. The molecule has 5 heteroatoms. The quantitative estimate of drug-likeness (QED) is 0.572. The molecular formula is C25H26O4S. The fraction of sp³-hybridized carbons (Fsp3) is 0.280. The van der Waals surface area contributed by atoms with Gasteiger partial charge in [0, 0.05) is 4.90 Å². The number of hydrogen-bond acceptors (Lipinski definition) is 5. The van der Waals surface area contributed by atoms with Crippen molar-refractivity contribution >= 4 is 11.8 Å². The first-order valence-corrected chi connectivity index (χ1v) is 11.0. The number of rotatable bonds is 8. The molecule has 4 rings (SSSR count). The lowest BCUT2D eigenvalue weighted by Crippen LogP contribution is -2.53. The highest BCUT2D eigenvalue weighted by atomic mass is 32.2. The van der Waals surface area contributed by atoms with Crippen LogP contribution in [0.5, 0.6) is 0 Å². The van der Waals surface area contributed by atoms with E-state index in [0.717, 1.165) is 16.0 Å². The number of aliphatic hydroxyl groups is 1. The minimum absolute atomic E-state index is 0.350. The van der Waals surface area contributed by atoms with Crippen LogP contribution < -0.4 is 0 Å². The van der Waals surface area contributed by atoms with Crippen LogP contribution in [0, 0.1) is 0 Å². The summed E-state index contributed by atoms with van der Waals surface area (Å²) in [6.07, 6.45) is -1.64. The van der Waals surface area contributed by atoms with Crippen molar-refractivity contribution in [1.82, 2.24) is 0 Å². The zero-order valence-corrected chi connectivity index (χ0v) is 17.5. The minimum Gasteiger partial charge on any atom is -0.387 e. The van der Waals surface area contributed by atoms with Crippen molar-refractivity contribution in [3.05, 3.63) is 102 Å². The van der Waals surface area contributed by atoms with Gasteiger partial charge in [0.05, 0.1) is 19.8 Å². The summed E-state index contributed by atoms with van der Waals surface area (Å²) in [5, 5.41) is 11.1. The van der Waals surface area contributed by atoms with E-state index in [1.165, 1.54) is 11.8 Å². The van der Waals surface area contributed by atoms with Gasteiger partial charge >= 0.3 is 0 Å². The molecule has 156 valence electrons. The molecule has 0 radical (unpaired) electrons. The van der Waals surface area contributed by atoms with Crippen LogP contribution in [0.1, 0.15) is 11.1 Å². The molecule has 0 aromatic heterocycles. The molecule has 0 spiro atoms. The topological polar surface area (TPSA) is 47.9 Å². The zero-order valence-electron chi connectivity index (χ0n) is 16.7. The van der Waals surface area contributed by atoms with Crippen LogP contribution in [0.4, 0.5) is 0 Å². The fourth-order valence-electron chi connectivity index (χ4n) is 3.39. The van der Waals surface area contributed by atoms with Crippen molar-refractivity contribution in [2.24, 2.45) is 0 Å². The summed E-state index contributed by atoms with van der Waals surface area (Å²) in [7, 11) is 0. The first kappa shape index (κ1) is 21.1. The van der Waals surface area contributed by atoms with Gasteiger partial charge in [0.25, 0.3) is 0 Å². The van der Waals surface area contributed by atoms with Crippen LogP contribution in [0.2, 0.25) is 0 Å². The highest BCUT2D eigenvalue weighted by Gasteiger charge is 2.41. The predicted molar refractivity (Wildman–Crippen MR) is 118 cm³/mol. The number of hydrogen-bond donors (Lipinski definition) is 1. The van der Waals surface area contributed by atoms with E-state index in [0.29, 0.717) is 19.8 Å². The average molecular weight is 423 g/mol. The van der Waals surface area contributed by atoms with Crippen LogP contribution in [-0.2, 0) is 27.4 Å². The number of thioether (sulfide) groups is 1. The Morgan fingerprint density at radius 1 is 0.767 bits per heavy atom. The first-order valence-electron chi connectivity index (χ1n) is 10.1. The van der Waals surface area contributed by atoms with Gasteiger partial charge in [-0.2, -0.15) is 0 Å². The Balaban J connectivity index is 1.44. The Hall–Kier alpha value is -2.15. The lowest BCUT2D eigenvalue weighted by molar-refractivity contribution is -0.204. The molecule has 1 aliphatic rings. The highest BCUT2D eigenvalue weighted by molar-refractivity contribution is 7.99. The van der Waals surface area contributed by atoms with Gasteiger partial charge in [-0.1, -0.05) is 90.6 Å². The van der Waals surface area contributed by atoms with Crippen molar-refractivity contribution in [3.8, 4) is 0 Å². The van der Waals surface area contributed by atoms with Crippen LogP contribution in [0.25, 0.3) is 0 Å². The van der Waals surface area contributed by atoms with Crippen molar-refractivity contribution in [2.45, 2.75) is 41.9 Å². The molecular weight excluding hydrogens is 396 g/mol. The molecule has 4 nitrogen and oxygen atoms in total. The lowest BCUT2D eigenvalue weighted by Gasteiger charge is -2.39. The Bertz CT molecular complexity index is 873. The van der Waals surface area contributed by atoms with Crippen LogP contribution in [0.3, 0.4) is 0 Å². The number of ether oxygens (including phenoxy) is 3. The lowest BCUT2D eigenvalue weighted by atomic mass is 10.1. The summed E-state index contributed by atoms with van der Waals surface area (Å²) in [5.41, 5.74) is 1.73. The minimum atomic E-state index is -0.812. The standard InChI is InChI=1S/C25H26O4S/c26-23-24(28-17-20-12-6-2-7-13-20)22(27-16-19-10-4-1-5-11-19)18-29-25(23)30-21-14-8-3-9-15-21/h1-15,22-26H,16-18H2/t22-,23?,24-,25-/m0/s1. The third-order valence-electron chi connectivity index (χ3n) is 4.99. The molecule has 1 fully saturated rings. The molecule has 1 unspecified atom stereocenters. The van der Waals surface area contributed by atoms with E-state index in [2.05, 4.69) is 0 Å². The van der Waals surface area contributed by atoms with Gasteiger partial charge < -0.3 is 19.3 Å². The maximum absolute atomic E-state index is 11.1. The second-order valence-electron chi connectivity index (χ2n) is 7.22. The summed E-state index contributed by atoms with van der Waals surface area (Å²) in [6, 6.07) is 29.9. The van der Waals surface area contributed by atoms with Crippen LogP contribution in [-0.4, -0.2) is 35.5 Å². The summed E-state index contributed by atoms with van der Waals surface area (Å²) in [5.74, 6) is 0. The second kappa shape index (κ2) is 10.8. The van der Waals surface area contributed by atoms with E-state index < -0.39 is 17.6 Å². The smallest absolute Gasteiger partial charge is 0.136 e. The molecule has 3 aromatic carbocycles. The SMILES string of the molecule is OC1[C@@H](OCc2ccccc2)[C@@H](OCc2ccccc2)CO[C@H]1Sc1ccccc1. The van der Waals surface area contributed by atoms with Gasteiger partial charge in [0.15, 0.2) is 0 Å². The highest BCUT2D eigenvalue weighted by Crippen LogP contribution is 2.33. The van der Waals surface area contributed by atoms with E-state index in [-0.39, 0.29) is 6.10 Å². The van der Waals surface area contributed by atoms with E-state index in [1.54, 1.807) is 0 Å². The molecule has 1 aliphatic heterocycles. The molecule has 0 saturated carbocycles. The van der Waals surface area contributed by atoms with Gasteiger partial charge in [-0.05, 0) is 23.3 Å². The van der Waals surface area contributed by atoms with Gasteiger partial charge in [-0.15, -0.1) is 0 Å². The fourth-order valence-corrected chi connectivity index (χ4v) is 4.41. The molecule has 4 atom stereocenters. The molecule has 0 amide bonds. The zero-order chi connectivity index (χ0) is 20.6. The van der Waals surface area contributed by atoms with Gasteiger partial charge in [0.2, 0.25) is 0 Å². The summed E-state index contributed by atoms with van der Waals surface area (Å²) in [6.45, 7) is 1.23. The van der Waals surface area contributed by atoms with Crippen molar-refractivity contribution in [1.29, 1.82) is 0 Å². The van der Waals surface area contributed by atoms with E-state index >= 15 is 0 Å². The van der Waals surface area contributed by atoms with Gasteiger partial charge in [-0.25, -0.2) is 0 Å². The molecule has 1 heterocycles. The Labute approximate surface area is 181 Å². The summed E-state index contributed by atoms with van der Waals surface area (Å²) >= 11 is 1.51. The third-order valence-corrected chi connectivity index (χ3v) is 6.19. The maximum Gasteiger partial charge on any atom is 0.136 e. The van der Waals surface area contributed by atoms with Gasteiger partial charge in [0.1, 0.15) is 23.7 Å². The molecule has 1 N–H and O–H groups in total. The van der Waals surface area contributed by atoms with Crippen LogP contribution in [0.15, 0.2) is 95.9 Å². The van der Waals surface area contributed by atoms with E-state index in [1.807, 2.05) is 91.0 Å². The maximum atomic E-state index is 11.1. The second-order valence-corrected chi connectivity index (χ2v) is 8.39. The molecule has 30 heavy (non-hydrogen) atoms. The predicted octanol–water partition coefficient (Wildman–Crippen LogP) is 4.67. The first-order chi connectivity index (χ1) is 14.8. The number of aliphatic hydroxyl groups excluding tert-OH is 1. The summed E-state index contributed by atoms with van der Waals surface area (Å²) in [4.78, 5) is 1.05. The van der Waals surface area contributed by atoms with Gasteiger partial charge in [-0.3, -0.25) is 0 Å². The monoisotopic (exact) mass is 422 g/mol. The average Bonchev–Trinajstić information content (AvgIpc) is 2.81. The van der Waals surface area contributed by atoms with E-state index in [4.69, 9.17) is 14.2 Å². The largest absolute Gasteiger partial charge is 0.387 e. The van der Waals surface area contributed by atoms with Crippen molar-refractivity contribution < 1.29 is 19.3 Å².